The van der Waals surface area contributed by atoms with Crippen molar-refractivity contribution in [2.24, 2.45) is 0 Å². The molecule has 0 saturated carbocycles. The van der Waals surface area contributed by atoms with Gasteiger partial charge in [-0.2, -0.15) is 0 Å². The summed E-state index contributed by atoms with van der Waals surface area (Å²) in [4.78, 5) is 29.1. The van der Waals surface area contributed by atoms with Gasteiger partial charge in [0.2, 0.25) is 0 Å². The van der Waals surface area contributed by atoms with E-state index in [1.807, 2.05) is 20.8 Å². The molecule has 0 aromatic carbocycles. The number of esters is 1. The van der Waals surface area contributed by atoms with Crippen molar-refractivity contribution in [3.05, 3.63) is 16.1 Å². The number of aromatic nitrogens is 1. The zero-order valence-corrected chi connectivity index (χ0v) is 14.7. The standard InChI is InChI=1S/C15H24N2O4S/c1-6-20-13(18)11-10-22-12(16-11)8-7-9-17(5)14(19)21-15(2,3)4/h10H,6-9H2,1-5H3. The minimum Gasteiger partial charge on any atom is -0.461 e. The molecule has 1 rings (SSSR count). The molecule has 124 valence electrons. The van der Waals surface area contributed by atoms with Crippen LogP contribution in [0.3, 0.4) is 0 Å². The summed E-state index contributed by atoms with van der Waals surface area (Å²) < 4.78 is 10.2. The maximum Gasteiger partial charge on any atom is 0.410 e. The maximum atomic E-state index is 11.8. The molecule has 1 heterocycles. The van der Waals surface area contributed by atoms with Gasteiger partial charge in [0, 0.05) is 25.4 Å². The second-order valence-electron chi connectivity index (χ2n) is 5.85. The SMILES string of the molecule is CCOC(=O)c1csc(CCCN(C)C(=O)OC(C)(C)C)n1. The summed E-state index contributed by atoms with van der Waals surface area (Å²) in [5, 5.41) is 2.56. The van der Waals surface area contributed by atoms with E-state index in [-0.39, 0.29) is 6.09 Å². The molecule has 1 aromatic rings. The summed E-state index contributed by atoms with van der Waals surface area (Å²) in [6, 6.07) is 0. The third kappa shape index (κ3) is 6.43. The van der Waals surface area contributed by atoms with Crippen LogP contribution in [0.2, 0.25) is 0 Å². The Hall–Kier alpha value is -1.63. The number of carbonyl (C=O) groups is 2. The number of hydrogen-bond donors (Lipinski definition) is 0. The Labute approximate surface area is 135 Å². The molecule has 0 saturated heterocycles. The quantitative estimate of drug-likeness (QED) is 0.751. The molecule has 7 heteroatoms. The van der Waals surface area contributed by atoms with E-state index in [2.05, 4.69) is 4.98 Å². The third-order valence-corrected chi connectivity index (χ3v) is 3.53. The molecule has 1 amide bonds. The first kappa shape index (κ1) is 18.4. The molecule has 0 atom stereocenters. The number of thiazole rings is 1. The molecule has 0 radical (unpaired) electrons. The molecular weight excluding hydrogens is 304 g/mol. The molecule has 0 bridgehead atoms. The van der Waals surface area contributed by atoms with E-state index in [9.17, 15) is 9.59 Å². The fraction of sp³-hybridized carbons (Fsp3) is 0.667. The Morgan fingerprint density at radius 2 is 2.05 bits per heavy atom. The van der Waals surface area contributed by atoms with E-state index in [0.717, 1.165) is 11.4 Å². The topological polar surface area (TPSA) is 68.7 Å². The highest BCUT2D eigenvalue weighted by molar-refractivity contribution is 7.09. The first-order chi connectivity index (χ1) is 10.2. The van der Waals surface area contributed by atoms with Crippen molar-refractivity contribution < 1.29 is 19.1 Å². The van der Waals surface area contributed by atoms with Crippen molar-refractivity contribution in [1.82, 2.24) is 9.88 Å². The molecule has 0 fully saturated rings. The van der Waals surface area contributed by atoms with Crippen LogP contribution in [0.5, 0.6) is 0 Å². The van der Waals surface area contributed by atoms with Crippen LogP contribution in [-0.4, -0.2) is 47.7 Å². The number of rotatable bonds is 6. The van der Waals surface area contributed by atoms with E-state index in [4.69, 9.17) is 9.47 Å². The van der Waals surface area contributed by atoms with Crippen molar-refractivity contribution >= 4 is 23.4 Å². The first-order valence-electron chi connectivity index (χ1n) is 7.28. The predicted octanol–water partition coefficient (Wildman–Crippen LogP) is 3.12. The summed E-state index contributed by atoms with van der Waals surface area (Å²) in [5.41, 5.74) is -0.141. The van der Waals surface area contributed by atoms with Gasteiger partial charge in [0.1, 0.15) is 5.60 Å². The molecule has 6 nitrogen and oxygen atoms in total. The Morgan fingerprint density at radius 1 is 1.36 bits per heavy atom. The zero-order chi connectivity index (χ0) is 16.8. The summed E-state index contributed by atoms with van der Waals surface area (Å²) in [7, 11) is 1.71. The monoisotopic (exact) mass is 328 g/mol. The average molecular weight is 328 g/mol. The second-order valence-corrected chi connectivity index (χ2v) is 6.80. The highest BCUT2D eigenvalue weighted by Gasteiger charge is 2.19. The molecule has 1 aromatic heterocycles. The molecule has 22 heavy (non-hydrogen) atoms. The van der Waals surface area contributed by atoms with E-state index < -0.39 is 11.6 Å². The molecular formula is C15H24N2O4S. The van der Waals surface area contributed by atoms with Crippen molar-refractivity contribution in [3.8, 4) is 0 Å². The normalized spacial score (nSPS) is 11.1. The van der Waals surface area contributed by atoms with Gasteiger partial charge in [-0.05, 0) is 34.1 Å². The predicted molar refractivity (Wildman–Crippen MR) is 85.3 cm³/mol. The highest BCUT2D eigenvalue weighted by Crippen LogP contribution is 2.14. The van der Waals surface area contributed by atoms with Crippen molar-refractivity contribution in [1.29, 1.82) is 0 Å². The molecule has 0 aliphatic carbocycles. The van der Waals surface area contributed by atoms with Gasteiger partial charge in [0.05, 0.1) is 11.6 Å². The smallest absolute Gasteiger partial charge is 0.410 e. The van der Waals surface area contributed by atoms with Crippen LogP contribution in [0.4, 0.5) is 4.79 Å². The van der Waals surface area contributed by atoms with Crippen molar-refractivity contribution in [3.63, 3.8) is 0 Å². The van der Waals surface area contributed by atoms with Gasteiger partial charge in [0.25, 0.3) is 0 Å². The molecule has 0 N–H and O–H groups in total. The number of aryl methyl sites for hydroxylation is 1. The number of nitrogens with zero attached hydrogens (tertiary/aromatic N) is 2. The Balaban J connectivity index is 2.38. The number of hydrogen-bond acceptors (Lipinski definition) is 6. The summed E-state index contributed by atoms with van der Waals surface area (Å²) in [5.74, 6) is -0.393. The Morgan fingerprint density at radius 3 is 2.64 bits per heavy atom. The summed E-state index contributed by atoms with van der Waals surface area (Å²) >= 11 is 1.43. The molecule has 0 aliphatic heterocycles. The minimum absolute atomic E-state index is 0.334. The Bertz CT molecular complexity index is 508. The van der Waals surface area contributed by atoms with E-state index >= 15 is 0 Å². The van der Waals surface area contributed by atoms with Crippen LogP contribution >= 0.6 is 11.3 Å². The summed E-state index contributed by atoms with van der Waals surface area (Å²) in [6.07, 6.45) is 1.13. The van der Waals surface area contributed by atoms with Crippen LogP contribution < -0.4 is 0 Å². The van der Waals surface area contributed by atoms with E-state index in [1.165, 1.54) is 11.3 Å². The fourth-order valence-corrected chi connectivity index (χ4v) is 2.43. The van der Waals surface area contributed by atoms with Crippen LogP contribution in [0, 0.1) is 0 Å². The first-order valence-corrected chi connectivity index (χ1v) is 8.16. The van der Waals surface area contributed by atoms with Crippen LogP contribution in [0.15, 0.2) is 5.38 Å². The largest absolute Gasteiger partial charge is 0.461 e. The molecule has 0 aliphatic rings. The summed E-state index contributed by atoms with van der Waals surface area (Å²) in [6.45, 7) is 8.19. The van der Waals surface area contributed by atoms with Gasteiger partial charge in [-0.3, -0.25) is 0 Å². The van der Waals surface area contributed by atoms with Gasteiger partial charge < -0.3 is 14.4 Å². The lowest BCUT2D eigenvalue weighted by Crippen LogP contribution is -2.34. The van der Waals surface area contributed by atoms with Gasteiger partial charge in [-0.25, -0.2) is 14.6 Å². The average Bonchev–Trinajstić information content (AvgIpc) is 2.85. The van der Waals surface area contributed by atoms with Gasteiger partial charge in [-0.1, -0.05) is 0 Å². The minimum atomic E-state index is -0.491. The molecule has 0 spiro atoms. The lowest BCUT2D eigenvalue weighted by atomic mass is 10.2. The van der Waals surface area contributed by atoms with Crippen molar-refractivity contribution in [2.75, 3.05) is 20.2 Å². The van der Waals surface area contributed by atoms with Gasteiger partial charge >= 0.3 is 12.1 Å². The van der Waals surface area contributed by atoms with Crippen molar-refractivity contribution in [2.45, 2.75) is 46.1 Å². The second kappa shape index (κ2) is 8.12. The molecule has 0 unspecified atom stereocenters. The number of carbonyl (C=O) groups excluding carboxylic acids is 2. The highest BCUT2D eigenvalue weighted by atomic mass is 32.1. The lowest BCUT2D eigenvalue weighted by Gasteiger charge is -2.24. The third-order valence-electron chi connectivity index (χ3n) is 2.63. The fourth-order valence-electron chi connectivity index (χ4n) is 1.62. The maximum absolute atomic E-state index is 11.8. The van der Waals surface area contributed by atoms with E-state index in [1.54, 1.807) is 24.3 Å². The number of amides is 1. The van der Waals surface area contributed by atoms with E-state index in [0.29, 0.717) is 25.3 Å². The van der Waals surface area contributed by atoms with Crippen LogP contribution in [-0.2, 0) is 15.9 Å². The zero-order valence-electron chi connectivity index (χ0n) is 13.8. The van der Waals surface area contributed by atoms with Crippen LogP contribution in [0.1, 0.15) is 49.6 Å². The number of ether oxygens (including phenoxy) is 2. The van der Waals surface area contributed by atoms with Crippen LogP contribution in [0.25, 0.3) is 0 Å². The lowest BCUT2D eigenvalue weighted by molar-refractivity contribution is 0.0297. The Kier molecular flexibility index (Phi) is 6.80. The van der Waals surface area contributed by atoms with Gasteiger partial charge in [-0.15, -0.1) is 11.3 Å². The van der Waals surface area contributed by atoms with Gasteiger partial charge in [0.15, 0.2) is 5.69 Å².